The molecule has 1 heterocycles. The Bertz CT molecular complexity index is 307. The smallest absolute Gasteiger partial charge is 0.309 e. The van der Waals surface area contributed by atoms with Crippen molar-refractivity contribution in [3.05, 3.63) is 0 Å². The molecule has 1 rings (SSSR count). The van der Waals surface area contributed by atoms with Crippen LogP contribution in [0.1, 0.15) is 12.8 Å². The number of nitrogens with one attached hydrogen (secondary N) is 1. The van der Waals surface area contributed by atoms with Crippen LogP contribution < -0.4 is 5.32 Å². The van der Waals surface area contributed by atoms with Gasteiger partial charge in [0, 0.05) is 0 Å². The molecule has 7 heteroatoms. The minimum absolute atomic E-state index is 0.146. The molecule has 0 spiro atoms. The van der Waals surface area contributed by atoms with Gasteiger partial charge in [0.15, 0.2) is 0 Å². The van der Waals surface area contributed by atoms with E-state index in [0.717, 1.165) is 13.1 Å². The van der Waals surface area contributed by atoms with Crippen molar-refractivity contribution < 1.29 is 22.5 Å². The van der Waals surface area contributed by atoms with Crippen molar-refractivity contribution in [2.45, 2.75) is 12.8 Å². The number of esters is 1. The van der Waals surface area contributed by atoms with Crippen molar-refractivity contribution >= 4 is 16.1 Å². The van der Waals surface area contributed by atoms with Crippen molar-refractivity contribution in [3.8, 4) is 0 Å². The van der Waals surface area contributed by atoms with Gasteiger partial charge in [-0.3, -0.25) is 9.35 Å². The summed E-state index contributed by atoms with van der Waals surface area (Å²) in [4.78, 5) is 11.4. The molecule has 88 valence electrons. The molecule has 0 saturated carbocycles. The van der Waals surface area contributed by atoms with E-state index in [1.807, 2.05) is 0 Å². The molecule has 0 aromatic carbocycles. The highest BCUT2D eigenvalue weighted by Gasteiger charge is 2.22. The Hall–Kier alpha value is -0.660. The van der Waals surface area contributed by atoms with Gasteiger partial charge in [-0.25, -0.2) is 0 Å². The van der Waals surface area contributed by atoms with Gasteiger partial charge in [-0.2, -0.15) is 8.42 Å². The molecular formula is C8H15NO5S. The van der Waals surface area contributed by atoms with Crippen LogP contribution in [0.2, 0.25) is 0 Å². The number of carbonyl (C=O) groups is 1. The number of carbonyl (C=O) groups excluding carboxylic acids is 1. The second kappa shape index (κ2) is 5.43. The summed E-state index contributed by atoms with van der Waals surface area (Å²) in [7, 11) is -4.04. The molecule has 0 radical (unpaired) electrons. The number of ether oxygens (including phenoxy) is 1. The molecule has 0 amide bonds. The lowest BCUT2D eigenvalue weighted by Crippen LogP contribution is -2.33. The van der Waals surface area contributed by atoms with Gasteiger partial charge in [0.1, 0.15) is 12.4 Å². The number of hydrogen-bond acceptors (Lipinski definition) is 5. The third-order valence-electron chi connectivity index (χ3n) is 2.26. The van der Waals surface area contributed by atoms with Crippen LogP contribution in [0, 0.1) is 5.92 Å². The quantitative estimate of drug-likeness (QED) is 0.502. The maximum atomic E-state index is 11.4. The van der Waals surface area contributed by atoms with Crippen LogP contribution in [-0.4, -0.2) is 44.4 Å². The summed E-state index contributed by atoms with van der Waals surface area (Å²) >= 11 is 0. The van der Waals surface area contributed by atoms with E-state index < -0.39 is 15.9 Å². The predicted molar refractivity (Wildman–Crippen MR) is 53.0 cm³/mol. The molecular weight excluding hydrogens is 222 g/mol. The summed E-state index contributed by atoms with van der Waals surface area (Å²) in [5, 5.41) is 3.11. The molecule has 0 aliphatic carbocycles. The van der Waals surface area contributed by atoms with E-state index in [4.69, 9.17) is 9.29 Å². The monoisotopic (exact) mass is 237 g/mol. The Balaban J connectivity index is 2.23. The summed E-state index contributed by atoms with van der Waals surface area (Å²) in [5.41, 5.74) is 0. The molecule has 1 fully saturated rings. The first-order chi connectivity index (χ1) is 6.99. The topological polar surface area (TPSA) is 92.7 Å². The zero-order chi connectivity index (χ0) is 11.3. The lowest BCUT2D eigenvalue weighted by atomic mass is 9.99. The van der Waals surface area contributed by atoms with Crippen LogP contribution in [0.25, 0.3) is 0 Å². The van der Waals surface area contributed by atoms with Crippen molar-refractivity contribution in [1.82, 2.24) is 5.32 Å². The van der Waals surface area contributed by atoms with E-state index in [0.29, 0.717) is 12.8 Å². The zero-order valence-corrected chi connectivity index (χ0v) is 9.12. The highest BCUT2D eigenvalue weighted by atomic mass is 32.2. The highest BCUT2D eigenvalue weighted by Crippen LogP contribution is 2.13. The Morgan fingerprint density at radius 1 is 1.40 bits per heavy atom. The Labute approximate surface area is 88.7 Å². The van der Waals surface area contributed by atoms with Crippen molar-refractivity contribution in [2.75, 3.05) is 25.4 Å². The molecule has 1 saturated heterocycles. The fourth-order valence-electron chi connectivity index (χ4n) is 1.42. The Kier molecular flexibility index (Phi) is 4.49. The molecule has 6 nitrogen and oxygen atoms in total. The second-order valence-corrected chi connectivity index (χ2v) is 5.05. The first-order valence-corrected chi connectivity index (χ1v) is 6.42. The number of piperidine rings is 1. The predicted octanol–water partition coefficient (Wildman–Crippen LogP) is -0.583. The van der Waals surface area contributed by atoms with Crippen molar-refractivity contribution in [3.63, 3.8) is 0 Å². The van der Waals surface area contributed by atoms with E-state index in [1.165, 1.54) is 0 Å². The first-order valence-electron chi connectivity index (χ1n) is 4.81. The normalized spacial score (nSPS) is 18.7. The van der Waals surface area contributed by atoms with Gasteiger partial charge in [0.2, 0.25) is 0 Å². The van der Waals surface area contributed by atoms with Crippen LogP contribution in [0.15, 0.2) is 0 Å². The molecule has 0 bridgehead atoms. The van der Waals surface area contributed by atoms with Gasteiger partial charge in [0.05, 0.1) is 5.92 Å². The fourth-order valence-corrected chi connectivity index (χ4v) is 1.72. The molecule has 1 aliphatic rings. The van der Waals surface area contributed by atoms with Gasteiger partial charge in [-0.05, 0) is 25.9 Å². The van der Waals surface area contributed by atoms with Crippen LogP contribution in [0.3, 0.4) is 0 Å². The Morgan fingerprint density at radius 3 is 2.53 bits per heavy atom. The van der Waals surface area contributed by atoms with E-state index in [2.05, 4.69) is 5.32 Å². The number of hydrogen-bond donors (Lipinski definition) is 2. The van der Waals surface area contributed by atoms with Crippen molar-refractivity contribution in [2.24, 2.45) is 5.92 Å². The molecule has 15 heavy (non-hydrogen) atoms. The maximum Gasteiger partial charge on any atom is 0.309 e. The highest BCUT2D eigenvalue weighted by molar-refractivity contribution is 7.85. The van der Waals surface area contributed by atoms with Gasteiger partial charge in [-0.1, -0.05) is 0 Å². The lowest BCUT2D eigenvalue weighted by Gasteiger charge is -2.20. The minimum Gasteiger partial charge on any atom is -0.464 e. The number of rotatable bonds is 4. The summed E-state index contributed by atoms with van der Waals surface area (Å²) in [6, 6.07) is 0. The summed E-state index contributed by atoms with van der Waals surface area (Å²) in [6.45, 7) is 1.28. The van der Waals surface area contributed by atoms with E-state index in [-0.39, 0.29) is 18.5 Å². The minimum atomic E-state index is -4.04. The summed E-state index contributed by atoms with van der Waals surface area (Å²) in [6.07, 6.45) is 1.43. The average molecular weight is 237 g/mol. The van der Waals surface area contributed by atoms with E-state index in [1.54, 1.807) is 0 Å². The van der Waals surface area contributed by atoms with Gasteiger partial charge >= 0.3 is 5.97 Å². The summed E-state index contributed by atoms with van der Waals surface area (Å²) in [5.74, 6) is -1.06. The fraction of sp³-hybridized carbons (Fsp3) is 0.875. The molecule has 2 N–H and O–H groups in total. The SMILES string of the molecule is O=C(OCCS(=O)(=O)O)C1CCNCC1. The molecule has 0 aromatic rings. The molecule has 1 aliphatic heterocycles. The molecule has 0 unspecified atom stereocenters. The zero-order valence-electron chi connectivity index (χ0n) is 8.31. The molecule has 0 aromatic heterocycles. The standard InChI is InChI=1S/C8H15NO5S/c10-8(7-1-3-9-4-2-7)14-5-6-15(11,12)13/h7,9H,1-6H2,(H,11,12,13). The van der Waals surface area contributed by atoms with Crippen LogP contribution in [0.4, 0.5) is 0 Å². The van der Waals surface area contributed by atoms with Crippen LogP contribution in [-0.2, 0) is 19.6 Å². The summed E-state index contributed by atoms with van der Waals surface area (Å²) < 4.78 is 33.8. The Morgan fingerprint density at radius 2 is 2.00 bits per heavy atom. The van der Waals surface area contributed by atoms with Crippen LogP contribution in [0.5, 0.6) is 0 Å². The molecule has 0 atom stereocenters. The first kappa shape index (κ1) is 12.4. The maximum absolute atomic E-state index is 11.4. The average Bonchev–Trinajstić information content (AvgIpc) is 2.17. The third kappa shape index (κ3) is 5.10. The van der Waals surface area contributed by atoms with E-state index in [9.17, 15) is 13.2 Å². The van der Waals surface area contributed by atoms with Gasteiger partial charge in [-0.15, -0.1) is 0 Å². The van der Waals surface area contributed by atoms with Crippen LogP contribution >= 0.6 is 0 Å². The van der Waals surface area contributed by atoms with Crippen molar-refractivity contribution in [1.29, 1.82) is 0 Å². The van der Waals surface area contributed by atoms with Gasteiger partial charge in [0.25, 0.3) is 10.1 Å². The second-order valence-electron chi connectivity index (χ2n) is 3.48. The van der Waals surface area contributed by atoms with Gasteiger partial charge < -0.3 is 10.1 Å². The largest absolute Gasteiger partial charge is 0.464 e. The lowest BCUT2D eigenvalue weighted by molar-refractivity contribution is -0.148. The van der Waals surface area contributed by atoms with E-state index >= 15 is 0 Å². The third-order valence-corrected chi connectivity index (χ3v) is 2.94.